The van der Waals surface area contributed by atoms with Gasteiger partial charge in [-0.05, 0) is 18.7 Å². The van der Waals surface area contributed by atoms with Crippen molar-refractivity contribution in [3.05, 3.63) is 54.8 Å². The van der Waals surface area contributed by atoms with E-state index in [0.29, 0.717) is 0 Å². The van der Waals surface area contributed by atoms with Gasteiger partial charge in [-0.2, -0.15) is 0 Å². The molecule has 1 nitrogen and oxygen atoms in total. The van der Waals surface area contributed by atoms with Crippen molar-refractivity contribution < 1.29 is 0 Å². The van der Waals surface area contributed by atoms with E-state index in [1.54, 1.807) is 6.20 Å². The van der Waals surface area contributed by atoms with Gasteiger partial charge < -0.3 is 5.32 Å². The first-order valence-electron chi connectivity index (χ1n) is 3.88. The largest absolute Gasteiger partial charge is 0.362 e. The Morgan fingerprint density at radius 2 is 2.08 bits per heavy atom. The maximum atomic E-state index is 3.89. The van der Waals surface area contributed by atoms with E-state index in [1.165, 1.54) is 5.56 Å². The third-order valence-corrected chi connectivity index (χ3v) is 1.75. The van der Waals surface area contributed by atoms with E-state index in [-0.39, 0.29) is 0 Å². The minimum Gasteiger partial charge on any atom is -0.362 e. The predicted octanol–water partition coefficient (Wildman–Crippen LogP) is 2.70. The average molecular weight is 159 g/mol. The van der Waals surface area contributed by atoms with E-state index in [9.17, 15) is 0 Å². The van der Waals surface area contributed by atoms with Crippen LogP contribution in [0.25, 0.3) is 5.70 Å². The molecule has 62 valence electrons. The van der Waals surface area contributed by atoms with E-state index >= 15 is 0 Å². The lowest BCUT2D eigenvalue weighted by Gasteiger charge is -2.07. The maximum absolute atomic E-state index is 3.89. The van der Waals surface area contributed by atoms with E-state index < -0.39 is 0 Å². The Morgan fingerprint density at radius 3 is 2.67 bits per heavy atom. The van der Waals surface area contributed by atoms with Crippen LogP contribution in [0.2, 0.25) is 0 Å². The summed E-state index contributed by atoms with van der Waals surface area (Å²) in [5, 5.41) is 2.97. The van der Waals surface area contributed by atoms with Gasteiger partial charge in [0.15, 0.2) is 0 Å². The van der Waals surface area contributed by atoms with Crippen LogP contribution in [0.15, 0.2) is 43.6 Å². The predicted molar refractivity (Wildman–Crippen MR) is 53.5 cm³/mol. The summed E-state index contributed by atoms with van der Waals surface area (Å²) in [5.41, 5.74) is 3.25. The fraction of sp³-hybridized carbons (Fsp3) is 0.0909. The number of nitrogens with one attached hydrogen (secondary N) is 1. The second kappa shape index (κ2) is 3.77. The van der Waals surface area contributed by atoms with Gasteiger partial charge in [-0.25, -0.2) is 0 Å². The molecule has 1 heteroatoms. The summed E-state index contributed by atoms with van der Waals surface area (Å²) in [6.07, 6.45) is 1.63. The van der Waals surface area contributed by atoms with Crippen LogP contribution in [-0.2, 0) is 0 Å². The molecule has 0 heterocycles. The molecule has 0 saturated carbocycles. The monoisotopic (exact) mass is 159 g/mol. The molecule has 0 saturated heterocycles. The van der Waals surface area contributed by atoms with Crippen molar-refractivity contribution in [3.63, 3.8) is 0 Å². The highest BCUT2D eigenvalue weighted by atomic mass is 14.8. The molecule has 0 radical (unpaired) electrons. The highest BCUT2D eigenvalue weighted by Gasteiger charge is 1.98. The SMILES string of the molecule is C=CNC(=C)c1ccccc1C. The molecule has 0 spiro atoms. The quantitative estimate of drug-likeness (QED) is 0.715. The molecule has 0 aromatic heterocycles. The van der Waals surface area contributed by atoms with Crippen molar-refractivity contribution in [3.8, 4) is 0 Å². The Labute approximate surface area is 73.4 Å². The van der Waals surface area contributed by atoms with Gasteiger partial charge in [0.05, 0.1) is 0 Å². The second-order valence-corrected chi connectivity index (χ2v) is 2.64. The number of benzene rings is 1. The van der Waals surface area contributed by atoms with Crippen LogP contribution in [0.5, 0.6) is 0 Å². The number of hydrogen-bond donors (Lipinski definition) is 1. The number of hydrogen-bond acceptors (Lipinski definition) is 1. The summed E-state index contributed by atoms with van der Waals surface area (Å²) in [6, 6.07) is 8.11. The molecule has 1 aromatic carbocycles. The highest BCUT2D eigenvalue weighted by Crippen LogP contribution is 2.13. The lowest BCUT2D eigenvalue weighted by atomic mass is 10.1. The van der Waals surface area contributed by atoms with Gasteiger partial charge in [-0.1, -0.05) is 37.4 Å². The van der Waals surface area contributed by atoms with Crippen molar-refractivity contribution in [1.82, 2.24) is 5.32 Å². The summed E-state index contributed by atoms with van der Waals surface area (Å²) in [4.78, 5) is 0. The van der Waals surface area contributed by atoms with Gasteiger partial charge in [0.2, 0.25) is 0 Å². The molecule has 0 atom stereocenters. The van der Waals surface area contributed by atoms with Gasteiger partial charge >= 0.3 is 0 Å². The minimum absolute atomic E-state index is 0.892. The average Bonchev–Trinajstić information content (AvgIpc) is 2.05. The van der Waals surface area contributed by atoms with Gasteiger partial charge in [-0.15, -0.1) is 0 Å². The third-order valence-electron chi connectivity index (χ3n) is 1.75. The first-order chi connectivity index (χ1) is 5.75. The molecule has 0 fully saturated rings. The van der Waals surface area contributed by atoms with Crippen LogP contribution in [0.1, 0.15) is 11.1 Å². The van der Waals surface area contributed by atoms with E-state index in [0.717, 1.165) is 11.3 Å². The van der Waals surface area contributed by atoms with Crippen LogP contribution < -0.4 is 5.32 Å². The summed E-state index contributed by atoms with van der Waals surface area (Å²) in [7, 11) is 0. The van der Waals surface area contributed by atoms with Crippen LogP contribution in [0, 0.1) is 6.92 Å². The minimum atomic E-state index is 0.892. The van der Waals surface area contributed by atoms with Crippen molar-refractivity contribution in [1.29, 1.82) is 0 Å². The summed E-state index contributed by atoms with van der Waals surface area (Å²) in [5.74, 6) is 0. The highest BCUT2D eigenvalue weighted by molar-refractivity contribution is 5.65. The summed E-state index contributed by atoms with van der Waals surface area (Å²) >= 11 is 0. The second-order valence-electron chi connectivity index (χ2n) is 2.64. The van der Waals surface area contributed by atoms with Crippen LogP contribution in [0.3, 0.4) is 0 Å². The molecule has 12 heavy (non-hydrogen) atoms. The molecule has 1 N–H and O–H groups in total. The maximum Gasteiger partial charge on any atom is 0.0382 e. The molecule has 1 rings (SSSR count). The zero-order valence-corrected chi connectivity index (χ0v) is 7.30. The topological polar surface area (TPSA) is 12.0 Å². The normalized spacial score (nSPS) is 9.08. The van der Waals surface area contributed by atoms with Crippen LogP contribution in [0.4, 0.5) is 0 Å². The fourth-order valence-corrected chi connectivity index (χ4v) is 1.11. The molecular weight excluding hydrogens is 146 g/mol. The van der Waals surface area contributed by atoms with E-state index in [4.69, 9.17) is 0 Å². The molecule has 0 bridgehead atoms. The molecule has 0 aliphatic carbocycles. The lowest BCUT2D eigenvalue weighted by molar-refractivity contribution is 1.21. The van der Waals surface area contributed by atoms with Crippen molar-refractivity contribution >= 4 is 5.70 Å². The number of aryl methyl sites for hydroxylation is 1. The Morgan fingerprint density at radius 1 is 1.42 bits per heavy atom. The fourth-order valence-electron chi connectivity index (χ4n) is 1.11. The van der Waals surface area contributed by atoms with Crippen molar-refractivity contribution in [2.24, 2.45) is 0 Å². The van der Waals surface area contributed by atoms with Gasteiger partial charge in [-0.3, -0.25) is 0 Å². The first kappa shape index (κ1) is 8.60. The summed E-state index contributed by atoms with van der Waals surface area (Å²) < 4.78 is 0. The van der Waals surface area contributed by atoms with Gasteiger partial charge in [0, 0.05) is 11.3 Å². The Kier molecular flexibility index (Phi) is 2.70. The third kappa shape index (κ3) is 1.76. The molecule has 1 aromatic rings. The van der Waals surface area contributed by atoms with Crippen molar-refractivity contribution in [2.45, 2.75) is 6.92 Å². The van der Waals surface area contributed by atoms with E-state index in [2.05, 4.69) is 31.5 Å². The molecular formula is C11H13N. The molecule has 0 unspecified atom stereocenters. The van der Waals surface area contributed by atoms with Crippen molar-refractivity contribution in [2.75, 3.05) is 0 Å². The molecule has 0 amide bonds. The van der Waals surface area contributed by atoms with E-state index in [1.807, 2.05) is 18.2 Å². The Balaban J connectivity index is 2.94. The Hall–Kier alpha value is -1.50. The first-order valence-corrected chi connectivity index (χ1v) is 3.88. The van der Waals surface area contributed by atoms with Crippen LogP contribution in [-0.4, -0.2) is 0 Å². The molecule has 0 aliphatic rings. The summed E-state index contributed by atoms with van der Waals surface area (Å²) in [6.45, 7) is 9.54. The molecule has 0 aliphatic heterocycles. The Bertz CT molecular complexity index is 300. The van der Waals surface area contributed by atoms with Gasteiger partial charge in [0.1, 0.15) is 0 Å². The zero-order valence-electron chi connectivity index (χ0n) is 7.30. The van der Waals surface area contributed by atoms with Crippen LogP contribution >= 0.6 is 0 Å². The van der Waals surface area contributed by atoms with Gasteiger partial charge in [0.25, 0.3) is 0 Å². The zero-order chi connectivity index (χ0) is 8.97. The standard InChI is InChI=1S/C11H13N/c1-4-12-10(3)11-8-6-5-7-9(11)2/h4-8,12H,1,3H2,2H3. The number of rotatable bonds is 3. The smallest absolute Gasteiger partial charge is 0.0382 e. The lowest BCUT2D eigenvalue weighted by Crippen LogP contribution is -2.02.